The van der Waals surface area contributed by atoms with Gasteiger partial charge in [0.05, 0.1) is 0 Å². The lowest BCUT2D eigenvalue weighted by molar-refractivity contribution is 0.538. The Kier molecular flexibility index (Phi) is 4.10. The van der Waals surface area contributed by atoms with Gasteiger partial charge in [0.2, 0.25) is 0 Å². The lowest BCUT2D eigenvalue weighted by Crippen LogP contribution is -2.18. The predicted molar refractivity (Wildman–Crippen MR) is 60.5 cm³/mol. The van der Waals surface area contributed by atoms with Gasteiger partial charge in [-0.25, -0.2) is 14.0 Å². The fraction of sp³-hybridized carbons (Fsp3) is 0.500. The molecule has 0 radical (unpaired) electrons. The van der Waals surface area contributed by atoms with Crippen molar-refractivity contribution in [1.29, 1.82) is 0 Å². The van der Waals surface area contributed by atoms with Crippen LogP contribution in [-0.2, 0) is 6.42 Å². The summed E-state index contributed by atoms with van der Waals surface area (Å²) < 4.78 is 1.78. The standard InChI is InChI=1S/C8H14N3PS/c1-6-4-9-8(10-5-6)3-7(2)11(12)13/h4-5,7,13H,3,12H2,1-2H3. The number of nitrogens with zero attached hydrogens (tertiary/aromatic N) is 3. The maximum absolute atomic E-state index is 4.22. The maximum Gasteiger partial charge on any atom is 0.129 e. The SMILES string of the molecule is Cc1cnc(CC(C)N(P)S)nc1. The first kappa shape index (κ1) is 10.9. The minimum atomic E-state index is 0.316. The summed E-state index contributed by atoms with van der Waals surface area (Å²) in [7, 11) is 2.52. The highest BCUT2D eigenvalue weighted by Crippen LogP contribution is 2.12. The van der Waals surface area contributed by atoms with Crippen LogP contribution >= 0.6 is 22.2 Å². The van der Waals surface area contributed by atoms with Gasteiger partial charge >= 0.3 is 0 Å². The van der Waals surface area contributed by atoms with E-state index in [-0.39, 0.29) is 0 Å². The third-order valence-electron chi connectivity index (χ3n) is 1.76. The van der Waals surface area contributed by atoms with Crippen molar-refractivity contribution >= 4 is 22.2 Å². The molecule has 0 saturated heterocycles. The molecule has 0 spiro atoms. The zero-order valence-electron chi connectivity index (χ0n) is 7.81. The van der Waals surface area contributed by atoms with Crippen molar-refractivity contribution < 1.29 is 0 Å². The number of aryl methyl sites for hydroxylation is 1. The molecule has 0 fully saturated rings. The monoisotopic (exact) mass is 215 g/mol. The molecule has 0 aromatic carbocycles. The zero-order valence-corrected chi connectivity index (χ0v) is 9.85. The highest BCUT2D eigenvalue weighted by molar-refractivity contribution is 7.81. The van der Waals surface area contributed by atoms with E-state index in [4.69, 9.17) is 0 Å². The van der Waals surface area contributed by atoms with Crippen LogP contribution in [0.3, 0.4) is 0 Å². The second-order valence-electron chi connectivity index (χ2n) is 3.11. The van der Waals surface area contributed by atoms with Gasteiger partial charge in [-0.2, -0.15) is 0 Å². The van der Waals surface area contributed by atoms with Gasteiger partial charge in [-0.3, -0.25) is 0 Å². The van der Waals surface area contributed by atoms with Crippen LogP contribution in [0.1, 0.15) is 18.3 Å². The second kappa shape index (κ2) is 4.89. The van der Waals surface area contributed by atoms with E-state index >= 15 is 0 Å². The summed E-state index contributed by atoms with van der Waals surface area (Å²) in [6, 6.07) is 0.316. The smallest absolute Gasteiger partial charge is 0.129 e. The Balaban J connectivity index is 2.59. The summed E-state index contributed by atoms with van der Waals surface area (Å²) in [5.41, 5.74) is 1.09. The lowest BCUT2D eigenvalue weighted by Gasteiger charge is -2.16. The number of hydrogen-bond donors (Lipinski definition) is 1. The van der Waals surface area contributed by atoms with Crippen LogP contribution in [0, 0.1) is 6.92 Å². The van der Waals surface area contributed by atoms with E-state index in [0.29, 0.717) is 6.04 Å². The van der Waals surface area contributed by atoms with E-state index in [1.807, 2.05) is 19.3 Å². The third kappa shape index (κ3) is 3.59. The number of hydrogen-bond acceptors (Lipinski definition) is 4. The molecule has 5 heteroatoms. The number of thiol groups is 1. The molecule has 0 aliphatic heterocycles. The summed E-state index contributed by atoms with van der Waals surface area (Å²) in [6.07, 6.45) is 4.48. The van der Waals surface area contributed by atoms with Crippen molar-refractivity contribution in [3.05, 3.63) is 23.8 Å². The van der Waals surface area contributed by atoms with Gasteiger partial charge in [0.15, 0.2) is 0 Å². The van der Waals surface area contributed by atoms with Crippen molar-refractivity contribution in [2.24, 2.45) is 0 Å². The van der Waals surface area contributed by atoms with Gasteiger partial charge in [-0.15, -0.1) is 0 Å². The first-order chi connectivity index (χ1) is 6.09. The van der Waals surface area contributed by atoms with Crippen LogP contribution < -0.4 is 0 Å². The van der Waals surface area contributed by atoms with E-state index in [1.54, 1.807) is 4.08 Å². The molecule has 1 rings (SSSR count). The Hall–Kier alpha value is -0.180. The molecule has 0 aliphatic carbocycles. The fourth-order valence-electron chi connectivity index (χ4n) is 0.882. The molecule has 1 aromatic heterocycles. The van der Waals surface area contributed by atoms with E-state index in [9.17, 15) is 0 Å². The van der Waals surface area contributed by atoms with Crippen molar-refractivity contribution in [3.8, 4) is 0 Å². The first-order valence-corrected chi connectivity index (χ1v) is 5.01. The van der Waals surface area contributed by atoms with Crippen molar-refractivity contribution in [1.82, 2.24) is 14.0 Å². The molecular weight excluding hydrogens is 201 g/mol. The van der Waals surface area contributed by atoms with Gasteiger partial charge in [-0.05, 0) is 19.4 Å². The molecule has 13 heavy (non-hydrogen) atoms. The minimum absolute atomic E-state index is 0.316. The van der Waals surface area contributed by atoms with Crippen LogP contribution in [0.2, 0.25) is 0 Å². The van der Waals surface area contributed by atoms with Crippen LogP contribution in [0.15, 0.2) is 12.4 Å². The predicted octanol–water partition coefficient (Wildman–Crippen LogP) is 1.65. The molecule has 0 N–H and O–H groups in total. The Morgan fingerprint density at radius 2 is 2.08 bits per heavy atom. The topological polar surface area (TPSA) is 29.0 Å². The minimum Gasteiger partial charge on any atom is -0.241 e. The Morgan fingerprint density at radius 3 is 2.54 bits per heavy atom. The lowest BCUT2D eigenvalue weighted by atomic mass is 10.2. The van der Waals surface area contributed by atoms with E-state index < -0.39 is 0 Å². The molecule has 0 bridgehead atoms. The van der Waals surface area contributed by atoms with Gasteiger partial charge < -0.3 is 0 Å². The van der Waals surface area contributed by atoms with Crippen molar-refractivity contribution in [2.45, 2.75) is 26.3 Å². The molecular formula is C8H14N3PS. The maximum atomic E-state index is 4.22. The largest absolute Gasteiger partial charge is 0.241 e. The Morgan fingerprint density at radius 1 is 1.54 bits per heavy atom. The summed E-state index contributed by atoms with van der Waals surface area (Å²) in [4.78, 5) is 8.44. The van der Waals surface area contributed by atoms with Gasteiger partial charge in [0, 0.05) is 24.9 Å². The van der Waals surface area contributed by atoms with E-state index in [2.05, 4.69) is 39.1 Å². The highest BCUT2D eigenvalue weighted by atomic mass is 32.1. The van der Waals surface area contributed by atoms with Gasteiger partial charge in [0.25, 0.3) is 0 Å². The summed E-state index contributed by atoms with van der Waals surface area (Å²) >= 11 is 4.18. The molecule has 1 heterocycles. The average molecular weight is 215 g/mol. The molecule has 2 unspecified atom stereocenters. The summed E-state index contributed by atoms with van der Waals surface area (Å²) in [6.45, 7) is 4.05. The molecule has 2 atom stereocenters. The number of rotatable bonds is 3. The van der Waals surface area contributed by atoms with Crippen molar-refractivity contribution in [3.63, 3.8) is 0 Å². The number of aromatic nitrogens is 2. The normalized spacial score (nSPS) is 13.3. The fourth-order valence-corrected chi connectivity index (χ4v) is 1.07. The van der Waals surface area contributed by atoms with E-state index in [1.165, 1.54) is 0 Å². The van der Waals surface area contributed by atoms with Crippen LogP contribution in [-0.4, -0.2) is 20.1 Å². The van der Waals surface area contributed by atoms with Crippen LogP contribution in [0.25, 0.3) is 0 Å². The second-order valence-corrected chi connectivity index (χ2v) is 4.56. The average Bonchev–Trinajstić information content (AvgIpc) is 2.08. The Bertz CT molecular complexity index is 263. The van der Waals surface area contributed by atoms with Gasteiger partial charge in [0.1, 0.15) is 5.82 Å². The van der Waals surface area contributed by atoms with E-state index in [0.717, 1.165) is 17.8 Å². The van der Waals surface area contributed by atoms with Crippen molar-refractivity contribution in [2.75, 3.05) is 0 Å². The quantitative estimate of drug-likeness (QED) is 0.614. The Labute approximate surface area is 86.8 Å². The van der Waals surface area contributed by atoms with Crippen LogP contribution in [0.4, 0.5) is 0 Å². The van der Waals surface area contributed by atoms with Gasteiger partial charge in [-0.1, -0.05) is 22.2 Å². The molecule has 3 nitrogen and oxygen atoms in total. The first-order valence-electron chi connectivity index (χ1n) is 4.10. The third-order valence-corrected chi connectivity index (χ3v) is 2.67. The molecule has 0 saturated carbocycles. The molecule has 0 amide bonds. The summed E-state index contributed by atoms with van der Waals surface area (Å²) in [5.74, 6) is 0.861. The molecule has 72 valence electrons. The van der Waals surface area contributed by atoms with Crippen LogP contribution in [0.5, 0.6) is 0 Å². The highest BCUT2D eigenvalue weighted by Gasteiger charge is 2.07. The summed E-state index contributed by atoms with van der Waals surface area (Å²) in [5, 5.41) is 0. The zero-order chi connectivity index (χ0) is 9.84. The molecule has 1 aromatic rings. The molecule has 0 aliphatic rings.